The summed E-state index contributed by atoms with van der Waals surface area (Å²) < 4.78 is 0. The van der Waals surface area contributed by atoms with Gasteiger partial charge < -0.3 is 10.4 Å². The molecule has 0 amide bonds. The number of anilines is 1. The first kappa shape index (κ1) is 14.5. The van der Waals surface area contributed by atoms with Gasteiger partial charge in [-0.3, -0.25) is 0 Å². The van der Waals surface area contributed by atoms with Gasteiger partial charge in [0.1, 0.15) is 0 Å². The third kappa shape index (κ3) is 3.78. The first-order valence-electron chi connectivity index (χ1n) is 6.97. The molecule has 106 valence electrons. The molecule has 0 radical (unpaired) electrons. The molecule has 0 aliphatic heterocycles. The van der Waals surface area contributed by atoms with Gasteiger partial charge >= 0.3 is 0 Å². The summed E-state index contributed by atoms with van der Waals surface area (Å²) in [6, 6.07) is 8.31. The topological polar surface area (TPSA) is 58.0 Å². The van der Waals surface area contributed by atoms with Gasteiger partial charge in [0.2, 0.25) is 5.95 Å². The Morgan fingerprint density at radius 1 is 1.15 bits per heavy atom. The van der Waals surface area contributed by atoms with Crippen molar-refractivity contribution in [2.45, 2.75) is 32.7 Å². The molecule has 20 heavy (non-hydrogen) atoms. The minimum atomic E-state index is 0.0214. The Morgan fingerprint density at radius 2 is 1.80 bits per heavy atom. The van der Waals surface area contributed by atoms with Crippen molar-refractivity contribution in [3.63, 3.8) is 0 Å². The van der Waals surface area contributed by atoms with Crippen molar-refractivity contribution < 1.29 is 5.11 Å². The normalized spacial score (nSPS) is 12.2. The highest BCUT2D eigenvalue weighted by Crippen LogP contribution is 2.21. The average Bonchev–Trinajstić information content (AvgIpc) is 2.48. The standard InChI is InChI=1S/C16H21N3O/c1-3-13-10-17-16(18-11-13)19-15(8-9-20)14-6-4-12(2)5-7-14/h4-7,10-11,15,20H,3,8-9H2,1-2H3,(H,17,18,19)/t15-/m0/s1. The predicted octanol–water partition coefficient (Wildman–Crippen LogP) is 2.88. The molecule has 2 N–H and O–H groups in total. The van der Waals surface area contributed by atoms with Crippen molar-refractivity contribution in [2.75, 3.05) is 11.9 Å². The van der Waals surface area contributed by atoms with Crippen LogP contribution >= 0.6 is 0 Å². The summed E-state index contributed by atoms with van der Waals surface area (Å²) in [5.41, 5.74) is 3.47. The number of nitrogens with zero attached hydrogens (tertiary/aromatic N) is 2. The van der Waals surface area contributed by atoms with Crippen molar-refractivity contribution in [3.8, 4) is 0 Å². The molecular weight excluding hydrogens is 250 g/mol. The molecule has 0 aliphatic rings. The van der Waals surface area contributed by atoms with Crippen LogP contribution in [0.4, 0.5) is 5.95 Å². The molecule has 1 aromatic carbocycles. The SMILES string of the molecule is CCc1cnc(N[C@@H](CCO)c2ccc(C)cc2)nc1. The van der Waals surface area contributed by atoms with E-state index in [1.54, 1.807) is 0 Å². The van der Waals surface area contributed by atoms with E-state index in [9.17, 15) is 5.11 Å². The van der Waals surface area contributed by atoms with Crippen molar-refractivity contribution in [3.05, 3.63) is 53.3 Å². The van der Waals surface area contributed by atoms with Crippen LogP contribution in [-0.4, -0.2) is 21.7 Å². The molecule has 2 rings (SSSR count). The van der Waals surface area contributed by atoms with Gasteiger partial charge in [-0.15, -0.1) is 0 Å². The molecule has 0 bridgehead atoms. The zero-order valence-electron chi connectivity index (χ0n) is 12.0. The third-order valence-electron chi connectivity index (χ3n) is 3.31. The molecule has 4 nitrogen and oxygen atoms in total. The molecule has 0 unspecified atom stereocenters. The number of nitrogens with one attached hydrogen (secondary N) is 1. The number of rotatable bonds is 6. The van der Waals surface area contributed by atoms with Gasteiger partial charge in [0, 0.05) is 19.0 Å². The van der Waals surface area contributed by atoms with Crippen LogP contribution < -0.4 is 5.32 Å². The van der Waals surface area contributed by atoms with Gasteiger partial charge in [-0.1, -0.05) is 36.8 Å². The monoisotopic (exact) mass is 271 g/mol. The van der Waals surface area contributed by atoms with Crippen molar-refractivity contribution in [1.82, 2.24) is 9.97 Å². The van der Waals surface area contributed by atoms with Crippen molar-refractivity contribution >= 4 is 5.95 Å². The summed E-state index contributed by atoms with van der Waals surface area (Å²) in [5, 5.41) is 12.5. The van der Waals surface area contributed by atoms with Gasteiger partial charge in [0.25, 0.3) is 0 Å². The average molecular weight is 271 g/mol. The third-order valence-corrected chi connectivity index (χ3v) is 3.31. The lowest BCUT2D eigenvalue weighted by Gasteiger charge is -2.18. The van der Waals surface area contributed by atoms with E-state index in [2.05, 4.69) is 53.4 Å². The maximum atomic E-state index is 9.23. The van der Waals surface area contributed by atoms with Crippen LogP contribution in [0.1, 0.15) is 36.1 Å². The highest BCUT2D eigenvalue weighted by atomic mass is 16.3. The Balaban J connectivity index is 2.13. The Bertz CT molecular complexity index is 522. The van der Waals surface area contributed by atoms with Crippen LogP contribution in [-0.2, 0) is 6.42 Å². The molecule has 0 saturated heterocycles. The Kier molecular flexibility index (Phi) is 5.07. The summed E-state index contributed by atoms with van der Waals surface area (Å²) in [4.78, 5) is 8.62. The van der Waals surface area contributed by atoms with Crippen LogP contribution in [0.2, 0.25) is 0 Å². The second-order valence-electron chi connectivity index (χ2n) is 4.89. The lowest BCUT2D eigenvalue weighted by Crippen LogP contribution is -2.14. The number of hydrogen-bond acceptors (Lipinski definition) is 4. The highest BCUT2D eigenvalue weighted by molar-refractivity contribution is 5.33. The number of hydrogen-bond donors (Lipinski definition) is 2. The van der Waals surface area contributed by atoms with Crippen LogP contribution in [0.25, 0.3) is 0 Å². The fourth-order valence-corrected chi connectivity index (χ4v) is 2.02. The van der Waals surface area contributed by atoms with Crippen molar-refractivity contribution in [1.29, 1.82) is 0 Å². The summed E-state index contributed by atoms with van der Waals surface area (Å²) >= 11 is 0. The zero-order chi connectivity index (χ0) is 14.4. The molecule has 0 spiro atoms. The lowest BCUT2D eigenvalue weighted by atomic mass is 10.0. The molecule has 0 aliphatic carbocycles. The predicted molar refractivity (Wildman–Crippen MR) is 80.7 cm³/mol. The molecule has 1 heterocycles. The molecule has 0 fully saturated rings. The van der Waals surface area contributed by atoms with Gasteiger partial charge in [-0.2, -0.15) is 0 Å². The number of aliphatic hydroxyl groups is 1. The minimum absolute atomic E-state index is 0.0214. The molecule has 1 atom stereocenters. The number of aromatic nitrogens is 2. The fourth-order valence-electron chi connectivity index (χ4n) is 2.02. The maximum Gasteiger partial charge on any atom is 0.223 e. The first-order valence-corrected chi connectivity index (χ1v) is 6.97. The number of aliphatic hydroxyl groups excluding tert-OH is 1. The Hall–Kier alpha value is -1.94. The lowest BCUT2D eigenvalue weighted by molar-refractivity contribution is 0.280. The first-order chi connectivity index (χ1) is 9.72. The smallest absolute Gasteiger partial charge is 0.223 e. The van der Waals surface area contributed by atoms with Gasteiger partial charge in [0.05, 0.1) is 6.04 Å². The largest absolute Gasteiger partial charge is 0.396 e. The minimum Gasteiger partial charge on any atom is -0.396 e. The van der Waals surface area contributed by atoms with Gasteiger partial charge in [0.15, 0.2) is 0 Å². The van der Waals surface area contributed by atoms with E-state index in [1.165, 1.54) is 5.56 Å². The Morgan fingerprint density at radius 3 is 2.35 bits per heavy atom. The Labute approximate surface area is 119 Å². The summed E-state index contributed by atoms with van der Waals surface area (Å²) in [6.07, 6.45) is 5.22. The van der Waals surface area contributed by atoms with E-state index in [0.29, 0.717) is 12.4 Å². The van der Waals surface area contributed by atoms with E-state index >= 15 is 0 Å². The van der Waals surface area contributed by atoms with Crippen LogP contribution in [0.5, 0.6) is 0 Å². The summed E-state index contributed by atoms with van der Waals surface area (Å²) in [5.74, 6) is 0.598. The van der Waals surface area contributed by atoms with Crippen LogP contribution in [0, 0.1) is 6.92 Å². The molecular formula is C16H21N3O. The number of benzene rings is 1. The molecule has 1 aromatic heterocycles. The van der Waals surface area contributed by atoms with E-state index in [0.717, 1.165) is 17.5 Å². The molecule has 2 aromatic rings. The fraction of sp³-hybridized carbons (Fsp3) is 0.375. The van der Waals surface area contributed by atoms with E-state index in [1.807, 2.05) is 12.4 Å². The summed E-state index contributed by atoms with van der Waals surface area (Å²) in [7, 11) is 0. The maximum absolute atomic E-state index is 9.23. The molecule has 4 heteroatoms. The zero-order valence-corrected chi connectivity index (χ0v) is 12.0. The summed E-state index contributed by atoms with van der Waals surface area (Å²) in [6.45, 7) is 4.26. The molecule has 0 saturated carbocycles. The van der Waals surface area contributed by atoms with Crippen LogP contribution in [0.15, 0.2) is 36.7 Å². The van der Waals surface area contributed by atoms with Gasteiger partial charge in [-0.25, -0.2) is 9.97 Å². The second-order valence-corrected chi connectivity index (χ2v) is 4.89. The van der Waals surface area contributed by atoms with Crippen LogP contribution in [0.3, 0.4) is 0 Å². The second kappa shape index (κ2) is 7.01. The van der Waals surface area contributed by atoms with Gasteiger partial charge in [-0.05, 0) is 30.9 Å². The quantitative estimate of drug-likeness (QED) is 0.848. The van der Waals surface area contributed by atoms with E-state index < -0.39 is 0 Å². The van der Waals surface area contributed by atoms with E-state index in [-0.39, 0.29) is 12.6 Å². The van der Waals surface area contributed by atoms with E-state index in [4.69, 9.17) is 0 Å². The highest BCUT2D eigenvalue weighted by Gasteiger charge is 2.12. The van der Waals surface area contributed by atoms with Crippen molar-refractivity contribution in [2.24, 2.45) is 0 Å². The number of aryl methyl sites for hydroxylation is 2.